The van der Waals surface area contributed by atoms with E-state index in [4.69, 9.17) is 18.6 Å². The molecule has 1 amide bonds. The third kappa shape index (κ3) is 5.97. The maximum Gasteiger partial charge on any atom is 0.328 e. The van der Waals surface area contributed by atoms with E-state index >= 15 is 0 Å². The van der Waals surface area contributed by atoms with E-state index in [0.717, 1.165) is 17.5 Å². The van der Waals surface area contributed by atoms with Gasteiger partial charge < -0.3 is 28.6 Å². The van der Waals surface area contributed by atoms with E-state index < -0.39 is 17.8 Å². The predicted octanol–water partition coefficient (Wildman–Crippen LogP) is 5.38. The molecule has 2 aromatic heterocycles. The van der Waals surface area contributed by atoms with Crippen LogP contribution in [-0.2, 0) is 9.59 Å². The van der Waals surface area contributed by atoms with E-state index in [0.29, 0.717) is 48.4 Å². The lowest BCUT2D eigenvalue weighted by Gasteiger charge is -2.22. The van der Waals surface area contributed by atoms with Crippen molar-refractivity contribution in [2.45, 2.75) is 53.0 Å². The van der Waals surface area contributed by atoms with Crippen LogP contribution in [0.2, 0.25) is 0 Å². The number of aliphatic carboxylic acids is 1. The second-order valence-electron chi connectivity index (χ2n) is 10.2. The molecule has 0 spiro atoms. The minimum atomic E-state index is -1.01. The number of carboxylic acid groups (broad SMARTS) is 1. The Labute approximate surface area is 241 Å². The molecule has 42 heavy (non-hydrogen) atoms. The lowest BCUT2D eigenvalue weighted by atomic mass is 10.1. The van der Waals surface area contributed by atoms with Crippen molar-refractivity contribution in [3.05, 3.63) is 52.8 Å². The van der Waals surface area contributed by atoms with E-state index in [9.17, 15) is 19.1 Å². The number of halogens is 1. The molecule has 1 aliphatic rings. The van der Waals surface area contributed by atoms with Gasteiger partial charge in [0.25, 0.3) is 17.5 Å². The normalized spacial score (nSPS) is 14.8. The van der Waals surface area contributed by atoms with Crippen molar-refractivity contribution in [2.75, 3.05) is 19.8 Å². The number of ether oxygens (including phenoxy) is 3. The highest BCUT2D eigenvalue weighted by Gasteiger charge is 2.34. The van der Waals surface area contributed by atoms with Crippen LogP contribution >= 0.6 is 0 Å². The first-order valence-electron chi connectivity index (χ1n) is 13.7. The zero-order chi connectivity index (χ0) is 30.0. The fourth-order valence-corrected chi connectivity index (χ4v) is 4.87. The summed E-state index contributed by atoms with van der Waals surface area (Å²) in [5.41, 5.74) is 3.24. The topological polar surface area (TPSA) is 137 Å². The van der Waals surface area contributed by atoms with Gasteiger partial charge in [-0.05, 0) is 74.9 Å². The third-order valence-corrected chi connectivity index (χ3v) is 6.91. The van der Waals surface area contributed by atoms with E-state index in [-0.39, 0.29) is 41.8 Å². The van der Waals surface area contributed by atoms with Gasteiger partial charge in [-0.1, -0.05) is 13.0 Å². The van der Waals surface area contributed by atoms with Crippen molar-refractivity contribution in [1.29, 1.82) is 0 Å². The number of carboxylic acids is 1. The molecular weight excluding hydrogens is 547 g/mol. The Morgan fingerprint density at radius 2 is 1.83 bits per heavy atom. The number of nitrogens with zero attached hydrogens (tertiary/aromatic N) is 4. The van der Waals surface area contributed by atoms with Crippen LogP contribution in [0.4, 0.5) is 4.39 Å². The monoisotopic (exact) mass is 578 g/mol. The number of likely N-dealkylation sites (tertiary alicyclic amines) is 1. The molecule has 1 aliphatic heterocycles. The molecule has 11 nitrogen and oxygen atoms in total. The van der Waals surface area contributed by atoms with E-state index in [1.165, 1.54) is 17.0 Å². The Morgan fingerprint density at radius 1 is 1.07 bits per heavy atom. The van der Waals surface area contributed by atoms with Gasteiger partial charge in [-0.25, -0.2) is 14.2 Å². The molecule has 5 rings (SSSR count). The maximum atomic E-state index is 13.8. The highest BCUT2D eigenvalue weighted by molar-refractivity contribution is 5.85. The molecule has 0 aliphatic carbocycles. The molecule has 0 bridgehead atoms. The molecular formula is C30H31FN4O7. The lowest BCUT2D eigenvalue weighted by Crippen LogP contribution is -2.42. The van der Waals surface area contributed by atoms with Crippen LogP contribution in [0.5, 0.6) is 23.4 Å². The summed E-state index contributed by atoms with van der Waals surface area (Å²) in [6, 6.07) is 6.90. The predicted molar refractivity (Wildman–Crippen MR) is 149 cm³/mol. The van der Waals surface area contributed by atoms with Crippen molar-refractivity contribution in [3.63, 3.8) is 0 Å². The first kappa shape index (κ1) is 28.8. The van der Waals surface area contributed by atoms with Crippen molar-refractivity contribution in [3.8, 4) is 34.8 Å². The van der Waals surface area contributed by atoms with Crippen molar-refractivity contribution in [2.24, 2.45) is 0 Å². The summed E-state index contributed by atoms with van der Waals surface area (Å²) in [4.78, 5) is 38.8. The van der Waals surface area contributed by atoms with Crippen molar-refractivity contribution >= 4 is 23.1 Å². The van der Waals surface area contributed by atoms with Gasteiger partial charge in [-0.2, -0.15) is 9.97 Å². The Kier molecular flexibility index (Phi) is 8.23. The molecule has 1 unspecified atom stereocenters. The van der Waals surface area contributed by atoms with E-state index in [1.54, 1.807) is 25.1 Å². The molecule has 1 fully saturated rings. The summed E-state index contributed by atoms with van der Waals surface area (Å²) in [5.74, 6) is -0.618. The number of fused-ring (bicyclic) bond motifs is 1. The third-order valence-electron chi connectivity index (χ3n) is 6.91. The smallest absolute Gasteiger partial charge is 0.328 e. The zero-order valence-corrected chi connectivity index (χ0v) is 23.8. The molecule has 0 saturated carbocycles. The first-order chi connectivity index (χ1) is 20.1. The SMILES string of the molecule is CCCOc1nc(Oc2cc(F)ccc2C)nc2oc(-c3cc(C)c(OCC(=O)N4CCCC4C(=O)O)c(C)c3)nc12. The number of benzene rings is 2. The zero-order valence-electron chi connectivity index (χ0n) is 23.8. The number of aromatic nitrogens is 3. The van der Waals surface area contributed by atoms with Gasteiger partial charge in [-0.3, -0.25) is 4.79 Å². The summed E-state index contributed by atoms with van der Waals surface area (Å²) < 4.78 is 37.3. The summed E-state index contributed by atoms with van der Waals surface area (Å²) in [5, 5.41) is 9.37. The van der Waals surface area contributed by atoms with Crippen molar-refractivity contribution in [1.82, 2.24) is 19.9 Å². The molecule has 1 atom stereocenters. The molecule has 2 aromatic carbocycles. The first-order valence-corrected chi connectivity index (χ1v) is 13.7. The number of oxazole rings is 1. The summed E-state index contributed by atoms with van der Waals surface area (Å²) >= 11 is 0. The number of hydrogen-bond donors (Lipinski definition) is 1. The Balaban J connectivity index is 1.41. The van der Waals surface area contributed by atoms with E-state index in [1.807, 2.05) is 20.8 Å². The van der Waals surface area contributed by atoms with Crippen LogP contribution in [0.15, 0.2) is 34.7 Å². The van der Waals surface area contributed by atoms with Gasteiger partial charge in [0, 0.05) is 18.2 Å². The van der Waals surface area contributed by atoms with Gasteiger partial charge in [0.2, 0.25) is 5.89 Å². The summed E-state index contributed by atoms with van der Waals surface area (Å²) in [6.07, 6.45) is 1.81. The minimum absolute atomic E-state index is 0.0751. The number of aryl methyl sites for hydroxylation is 3. The maximum absolute atomic E-state index is 13.8. The fraction of sp³-hybridized carbons (Fsp3) is 0.367. The molecule has 1 N–H and O–H groups in total. The van der Waals surface area contributed by atoms with Crippen LogP contribution in [-0.4, -0.2) is 62.6 Å². The summed E-state index contributed by atoms with van der Waals surface area (Å²) in [6.45, 7) is 7.90. The highest BCUT2D eigenvalue weighted by atomic mass is 19.1. The van der Waals surface area contributed by atoms with Gasteiger partial charge in [-0.15, -0.1) is 0 Å². The largest absolute Gasteiger partial charge is 0.483 e. The van der Waals surface area contributed by atoms with Crippen LogP contribution in [0.1, 0.15) is 42.9 Å². The average molecular weight is 579 g/mol. The van der Waals surface area contributed by atoms with Gasteiger partial charge in [0.1, 0.15) is 23.4 Å². The fourth-order valence-electron chi connectivity index (χ4n) is 4.87. The van der Waals surface area contributed by atoms with Gasteiger partial charge >= 0.3 is 12.0 Å². The van der Waals surface area contributed by atoms with Crippen LogP contribution in [0.3, 0.4) is 0 Å². The second kappa shape index (κ2) is 12.0. The molecule has 0 radical (unpaired) electrons. The number of rotatable bonds is 10. The molecule has 12 heteroatoms. The molecule has 1 saturated heterocycles. The highest BCUT2D eigenvalue weighted by Crippen LogP contribution is 2.35. The number of carbonyl (C=O) groups is 2. The standard InChI is InChI=1S/C30H31FN4O7/c1-5-11-39-27-24-28(34-30(33-27)41-22-14-20(31)9-8-16(22)2)42-26(32-24)19-12-17(3)25(18(4)13-19)40-15-23(36)35-10-6-7-21(35)29(37)38/h8-9,12-14,21H,5-7,10-11,15H2,1-4H3,(H,37,38). The number of carbonyl (C=O) groups excluding carboxylic acids is 1. The summed E-state index contributed by atoms with van der Waals surface area (Å²) in [7, 11) is 0. The average Bonchev–Trinajstić information content (AvgIpc) is 3.61. The Morgan fingerprint density at radius 3 is 2.55 bits per heavy atom. The van der Waals surface area contributed by atoms with Crippen LogP contribution in [0, 0.1) is 26.6 Å². The molecule has 220 valence electrons. The lowest BCUT2D eigenvalue weighted by molar-refractivity contribution is -0.149. The number of hydrogen-bond acceptors (Lipinski definition) is 9. The quantitative estimate of drug-likeness (QED) is 0.261. The Hall–Kier alpha value is -4.74. The van der Waals surface area contributed by atoms with Crippen LogP contribution in [0.25, 0.3) is 22.7 Å². The molecule has 4 aromatic rings. The molecule has 3 heterocycles. The van der Waals surface area contributed by atoms with E-state index in [2.05, 4.69) is 15.0 Å². The number of amides is 1. The van der Waals surface area contributed by atoms with Gasteiger partial charge in [0.15, 0.2) is 12.1 Å². The van der Waals surface area contributed by atoms with Gasteiger partial charge in [0.05, 0.1) is 6.61 Å². The minimum Gasteiger partial charge on any atom is -0.483 e. The van der Waals surface area contributed by atoms with Crippen molar-refractivity contribution < 1.29 is 37.7 Å². The van der Waals surface area contributed by atoms with Crippen LogP contribution < -0.4 is 14.2 Å². The second-order valence-corrected chi connectivity index (χ2v) is 10.2. The Bertz CT molecular complexity index is 1630.